The van der Waals surface area contributed by atoms with E-state index in [1.54, 1.807) is 17.5 Å². The third-order valence-corrected chi connectivity index (χ3v) is 6.29. The van der Waals surface area contributed by atoms with Gasteiger partial charge in [-0.2, -0.15) is 0 Å². The summed E-state index contributed by atoms with van der Waals surface area (Å²) in [5.74, 6) is -0.343. The van der Waals surface area contributed by atoms with Gasteiger partial charge in [0.05, 0.1) is 0 Å². The monoisotopic (exact) mass is 422 g/mol. The third kappa shape index (κ3) is 3.97. The normalized spacial score (nSPS) is 12.1. The first-order valence-corrected chi connectivity index (χ1v) is 10.5. The minimum atomic E-state index is -0.914. The molecule has 0 fully saturated rings. The maximum absolute atomic E-state index is 11.9. The summed E-state index contributed by atoms with van der Waals surface area (Å²) >= 11 is 7.94. The Kier molecular flexibility index (Phi) is 5.51. The van der Waals surface area contributed by atoms with E-state index in [1.807, 2.05) is 61.5 Å². The molecule has 0 unspecified atom stereocenters. The molecule has 4 nitrogen and oxygen atoms in total. The molecule has 0 radical (unpaired) electrons. The van der Waals surface area contributed by atoms with Crippen LogP contribution >= 0.6 is 22.9 Å². The van der Waals surface area contributed by atoms with Crippen molar-refractivity contribution in [1.29, 1.82) is 0 Å². The molecule has 0 amide bonds. The van der Waals surface area contributed by atoms with E-state index in [-0.39, 0.29) is 0 Å². The van der Waals surface area contributed by atoms with E-state index in [4.69, 9.17) is 11.6 Å². The molecular weight excluding hydrogens is 404 g/mol. The summed E-state index contributed by atoms with van der Waals surface area (Å²) in [6.45, 7) is 1.99. The van der Waals surface area contributed by atoms with Crippen LogP contribution < -0.4 is 5.32 Å². The number of benzene rings is 2. The Morgan fingerprint density at radius 1 is 1.14 bits per heavy atom. The Hall–Kier alpha value is -2.89. The molecule has 0 aliphatic heterocycles. The molecule has 0 aliphatic carbocycles. The lowest BCUT2D eigenvalue weighted by molar-refractivity contribution is -0.137. The molecule has 4 aromatic rings. The molecule has 0 spiro atoms. The third-order valence-electron chi connectivity index (χ3n) is 4.94. The fourth-order valence-electron chi connectivity index (χ4n) is 3.41. The molecule has 0 saturated heterocycles. The number of anilines is 1. The van der Waals surface area contributed by atoms with Gasteiger partial charge in [0.25, 0.3) is 0 Å². The van der Waals surface area contributed by atoms with Crippen molar-refractivity contribution in [2.75, 3.05) is 5.32 Å². The highest BCUT2D eigenvalue weighted by atomic mass is 35.5. The van der Waals surface area contributed by atoms with Gasteiger partial charge < -0.3 is 10.4 Å². The number of aliphatic carboxylic acids is 1. The summed E-state index contributed by atoms with van der Waals surface area (Å²) in [7, 11) is 0. The van der Waals surface area contributed by atoms with Gasteiger partial charge in [0.1, 0.15) is 11.9 Å². The van der Waals surface area contributed by atoms with Gasteiger partial charge in [0, 0.05) is 33.3 Å². The van der Waals surface area contributed by atoms with Gasteiger partial charge in [-0.25, -0.2) is 9.78 Å². The van der Waals surface area contributed by atoms with Gasteiger partial charge >= 0.3 is 5.97 Å². The van der Waals surface area contributed by atoms with Gasteiger partial charge in [0.15, 0.2) is 0 Å². The lowest BCUT2D eigenvalue weighted by Gasteiger charge is -2.17. The van der Waals surface area contributed by atoms with Crippen LogP contribution in [0.25, 0.3) is 21.2 Å². The van der Waals surface area contributed by atoms with E-state index < -0.39 is 12.0 Å². The van der Waals surface area contributed by atoms with Gasteiger partial charge in [0.2, 0.25) is 0 Å². The molecule has 29 heavy (non-hydrogen) atoms. The summed E-state index contributed by atoms with van der Waals surface area (Å²) in [5.41, 5.74) is 3.97. The first-order valence-electron chi connectivity index (χ1n) is 9.19. The average molecular weight is 423 g/mol. The van der Waals surface area contributed by atoms with Crippen LogP contribution in [0.2, 0.25) is 5.02 Å². The van der Waals surface area contributed by atoms with Crippen molar-refractivity contribution in [3.63, 3.8) is 0 Å². The highest BCUT2D eigenvalue weighted by Crippen LogP contribution is 2.40. The quantitative estimate of drug-likeness (QED) is 0.398. The number of nitrogens with zero attached hydrogens (tertiary/aromatic N) is 1. The highest BCUT2D eigenvalue weighted by molar-refractivity contribution is 7.17. The maximum Gasteiger partial charge on any atom is 0.326 e. The zero-order chi connectivity index (χ0) is 20.4. The van der Waals surface area contributed by atoms with E-state index in [0.29, 0.717) is 17.3 Å². The topological polar surface area (TPSA) is 62.2 Å². The number of halogens is 1. The fraction of sp³-hybridized carbons (Fsp3) is 0.130. The maximum atomic E-state index is 11.9. The summed E-state index contributed by atoms with van der Waals surface area (Å²) in [4.78, 5) is 16.4. The van der Waals surface area contributed by atoms with Gasteiger partial charge in [-0.1, -0.05) is 54.1 Å². The number of pyridine rings is 1. The first-order chi connectivity index (χ1) is 14.0. The van der Waals surface area contributed by atoms with Crippen LogP contribution in [0.1, 0.15) is 11.1 Å². The molecule has 6 heteroatoms. The van der Waals surface area contributed by atoms with Crippen molar-refractivity contribution in [2.45, 2.75) is 19.4 Å². The van der Waals surface area contributed by atoms with Crippen molar-refractivity contribution in [1.82, 2.24) is 4.98 Å². The van der Waals surface area contributed by atoms with Crippen LogP contribution in [0.5, 0.6) is 0 Å². The average Bonchev–Trinajstić information content (AvgIpc) is 3.15. The molecule has 2 heterocycles. The number of rotatable bonds is 6. The number of fused-ring (bicyclic) bond motifs is 1. The Balaban J connectivity index is 1.76. The van der Waals surface area contributed by atoms with E-state index in [9.17, 15) is 9.90 Å². The van der Waals surface area contributed by atoms with Crippen LogP contribution in [0, 0.1) is 6.92 Å². The van der Waals surface area contributed by atoms with Crippen LogP contribution in [0.15, 0.2) is 66.2 Å². The van der Waals surface area contributed by atoms with Crippen LogP contribution in [-0.2, 0) is 11.2 Å². The SMILES string of the molecule is Cc1c(Cl)cccc1-c1csc2ccnc(N[C@H](Cc3ccccc3)C(=O)O)c12. The zero-order valence-electron chi connectivity index (χ0n) is 15.7. The number of carboxylic acid groups (broad SMARTS) is 1. The van der Waals surface area contributed by atoms with Crippen molar-refractivity contribution in [3.8, 4) is 11.1 Å². The number of carboxylic acids is 1. The number of hydrogen-bond acceptors (Lipinski definition) is 4. The molecule has 4 rings (SSSR count). The minimum absolute atomic E-state index is 0.365. The summed E-state index contributed by atoms with van der Waals surface area (Å²) in [6, 6.07) is 16.6. The van der Waals surface area contributed by atoms with Gasteiger partial charge in [-0.15, -0.1) is 11.3 Å². The van der Waals surface area contributed by atoms with E-state index in [2.05, 4.69) is 15.7 Å². The molecule has 1 atom stereocenters. The molecule has 146 valence electrons. The largest absolute Gasteiger partial charge is 0.480 e. The molecule has 2 aromatic heterocycles. The number of nitrogens with one attached hydrogen (secondary N) is 1. The van der Waals surface area contributed by atoms with Crippen LogP contribution in [0.3, 0.4) is 0 Å². The second-order valence-electron chi connectivity index (χ2n) is 6.82. The second kappa shape index (κ2) is 8.23. The van der Waals surface area contributed by atoms with Crippen molar-refractivity contribution >= 4 is 44.8 Å². The number of carbonyl (C=O) groups is 1. The van der Waals surface area contributed by atoms with E-state index in [0.717, 1.165) is 32.3 Å². The minimum Gasteiger partial charge on any atom is -0.480 e. The standard InChI is InChI=1S/C23H19ClN2O2S/c1-14-16(8-5-9-18(14)24)17-13-29-20-10-11-25-22(21(17)20)26-19(23(27)28)12-15-6-3-2-4-7-15/h2-11,13,19H,12H2,1H3,(H,25,26)(H,27,28)/t19-/m1/s1. The predicted molar refractivity (Wildman–Crippen MR) is 120 cm³/mol. The summed E-state index contributed by atoms with van der Waals surface area (Å²) in [6.07, 6.45) is 2.07. The Bertz CT molecular complexity index is 1170. The molecule has 0 aliphatic rings. The lowest BCUT2D eigenvalue weighted by atomic mass is 10.00. The smallest absolute Gasteiger partial charge is 0.326 e. The predicted octanol–water partition coefficient (Wildman–Crippen LogP) is 6.03. The lowest BCUT2D eigenvalue weighted by Crippen LogP contribution is -2.32. The Morgan fingerprint density at radius 3 is 2.69 bits per heavy atom. The van der Waals surface area contributed by atoms with Gasteiger partial charge in [-0.3, -0.25) is 0 Å². The molecular formula is C23H19ClN2O2S. The summed E-state index contributed by atoms with van der Waals surface area (Å²) < 4.78 is 1.04. The van der Waals surface area contributed by atoms with E-state index in [1.165, 1.54) is 0 Å². The number of hydrogen-bond donors (Lipinski definition) is 2. The van der Waals surface area contributed by atoms with Gasteiger partial charge in [-0.05, 0) is 41.1 Å². The number of aromatic nitrogens is 1. The van der Waals surface area contributed by atoms with Crippen LogP contribution in [-0.4, -0.2) is 22.1 Å². The molecule has 0 saturated carbocycles. The van der Waals surface area contributed by atoms with E-state index >= 15 is 0 Å². The highest BCUT2D eigenvalue weighted by Gasteiger charge is 2.21. The number of thiophene rings is 1. The van der Waals surface area contributed by atoms with Crippen LogP contribution in [0.4, 0.5) is 5.82 Å². The Morgan fingerprint density at radius 2 is 1.93 bits per heavy atom. The second-order valence-corrected chi connectivity index (χ2v) is 8.14. The first kappa shape index (κ1) is 19.4. The molecule has 2 aromatic carbocycles. The Labute approximate surface area is 177 Å². The molecule has 2 N–H and O–H groups in total. The van der Waals surface area contributed by atoms with Crippen molar-refractivity contribution < 1.29 is 9.90 Å². The van der Waals surface area contributed by atoms with Crippen molar-refractivity contribution in [2.24, 2.45) is 0 Å². The summed E-state index contributed by atoms with van der Waals surface area (Å²) in [5, 5.41) is 16.6. The zero-order valence-corrected chi connectivity index (χ0v) is 17.3. The van der Waals surface area contributed by atoms with Crippen molar-refractivity contribution in [3.05, 3.63) is 82.3 Å². The fourth-order valence-corrected chi connectivity index (χ4v) is 4.53. The molecule has 0 bridgehead atoms.